The molecule has 3 aromatic rings. The zero-order valence-electron chi connectivity index (χ0n) is 18.2. The number of benzene rings is 1. The number of hydrogen-bond donors (Lipinski definition) is 1. The number of anilines is 1. The molecule has 0 spiro atoms. The van der Waals surface area contributed by atoms with Gasteiger partial charge in [-0.25, -0.2) is 15.0 Å². The molecule has 2 bridgehead atoms. The van der Waals surface area contributed by atoms with Crippen molar-refractivity contribution in [2.24, 2.45) is 5.73 Å². The zero-order chi connectivity index (χ0) is 22.1. The molecule has 2 saturated heterocycles. The maximum absolute atomic E-state index is 9.42. The fraction of sp³-hybridized carbons (Fsp3) is 0.360. The van der Waals surface area contributed by atoms with Crippen LogP contribution < -0.4 is 15.4 Å². The summed E-state index contributed by atoms with van der Waals surface area (Å²) in [5, 5.41) is 9.42. The van der Waals surface area contributed by atoms with Crippen molar-refractivity contribution in [3.63, 3.8) is 0 Å². The number of ether oxygens (including phenoxy) is 1. The van der Waals surface area contributed by atoms with Crippen LogP contribution in [-0.2, 0) is 6.42 Å². The van der Waals surface area contributed by atoms with Crippen LogP contribution in [0.4, 0.5) is 5.82 Å². The van der Waals surface area contributed by atoms with Gasteiger partial charge in [0.2, 0.25) is 0 Å². The van der Waals surface area contributed by atoms with E-state index in [2.05, 4.69) is 20.9 Å². The molecule has 0 atom stereocenters. The van der Waals surface area contributed by atoms with Crippen LogP contribution in [0.5, 0.6) is 11.5 Å². The molecular formula is C25H26N6O. The predicted molar refractivity (Wildman–Crippen MR) is 123 cm³/mol. The minimum Gasteiger partial charge on any atom is -0.456 e. The summed E-state index contributed by atoms with van der Waals surface area (Å²) in [6, 6.07) is 12.6. The largest absolute Gasteiger partial charge is 0.456 e. The molecule has 7 nitrogen and oxygen atoms in total. The van der Waals surface area contributed by atoms with Crippen LogP contribution in [-0.4, -0.2) is 33.6 Å². The maximum Gasteiger partial charge on any atom is 0.162 e. The zero-order valence-corrected chi connectivity index (χ0v) is 18.2. The van der Waals surface area contributed by atoms with Gasteiger partial charge in [-0.15, -0.1) is 0 Å². The Kier molecular flexibility index (Phi) is 5.46. The lowest BCUT2D eigenvalue weighted by Gasteiger charge is -2.24. The lowest BCUT2D eigenvalue weighted by molar-refractivity contribution is 0.482. The summed E-state index contributed by atoms with van der Waals surface area (Å²) in [6.45, 7) is 2.54. The van der Waals surface area contributed by atoms with E-state index in [4.69, 9.17) is 15.5 Å². The van der Waals surface area contributed by atoms with Crippen molar-refractivity contribution in [2.45, 2.75) is 51.1 Å². The Morgan fingerprint density at radius 2 is 1.81 bits per heavy atom. The van der Waals surface area contributed by atoms with E-state index < -0.39 is 0 Å². The van der Waals surface area contributed by atoms with E-state index >= 15 is 0 Å². The smallest absolute Gasteiger partial charge is 0.162 e. The first kappa shape index (κ1) is 20.4. The number of nitriles is 1. The topological polar surface area (TPSA) is 101 Å². The van der Waals surface area contributed by atoms with Gasteiger partial charge in [-0.2, -0.15) is 5.26 Å². The van der Waals surface area contributed by atoms with Crippen LogP contribution in [0.1, 0.15) is 42.5 Å². The number of pyridine rings is 1. The molecule has 7 heteroatoms. The van der Waals surface area contributed by atoms with E-state index in [-0.39, 0.29) is 0 Å². The van der Waals surface area contributed by atoms with Crippen molar-refractivity contribution in [2.75, 3.05) is 11.4 Å². The summed E-state index contributed by atoms with van der Waals surface area (Å²) in [4.78, 5) is 16.3. The van der Waals surface area contributed by atoms with E-state index in [0.29, 0.717) is 41.5 Å². The van der Waals surface area contributed by atoms with Gasteiger partial charge in [0.05, 0.1) is 17.2 Å². The number of nitrogens with two attached hydrogens (primary N) is 1. The van der Waals surface area contributed by atoms with Gasteiger partial charge in [-0.05, 0) is 69.3 Å². The molecule has 0 radical (unpaired) electrons. The second-order valence-corrected chi connectivity index (χ2v) is 8.55. The first-order valence-corrected chi connectivity index (χ1v) is 11.1. The van der Waals surface area contributed by atoms with Crippen LogP contribution >= 0.6 is 0 Å². The van der Waals surface area contributed by atoms with Gasteiger partial charge in [0.25, 0.3) is 0 Å². The number of fused-ring (bicyclic) bond motifs is 2. The second-order valence-electron chi connectivity index (χ2n) is 8.55. The molecule has 0 unspecified atom stereocenters. The highest BCUT2D eigenvalue weighted by atomic mass is 16.5. The van der Waals surface area contributed by atoms with Crippen LogP contribution in [0.15, 0.2) is 42.7 Å². The van der Waals surface area contributed by atoms with Gasteiger partial charge in [-0.3, -0.25) is 0 Å². The Labute approximate surface area is 187 Å². The summed E-state index contributed by atoms with van der Waals surface area (Å²) in [5.41, 5.74) is 8.78. The molecule has 2 aliphatic rings. The lowest BCUT2D eigenvalue weighted by atomic mass is 10.0. The summed E-state index contributed by atoms with van der Waals surface area (Å²) in [7, 11) is 0. The van der Waals surface area contributed by atoms with Crippen LogP contribution in [0.25, 0.3) is 11.4 Å². The Balaban J connectivity index is 1.49. The van der Waals surface area contributed by atoms with E-state index in [1.54, 1.807) is 24.5 Å². The highest BCUT2D eigenvalue weighted by Crippen LogP contribution is 2.42. The molecule has 162 valence electrons. The van der Waals surface area contributed by atoms with Crippen molar-refractivity contribution in [1.29, 1.82) is 5.26 Å². The molecule has 2 N–H and O–H groups in total. The van der Waals surface area contributed by atoms with Crippen LogP contribution in [0.3, 0.4) is 0 Å². The molecule has 2 aliphatic heterocycles. The third-order valence-corrected chi connectivity index (χ3v) is 6.35. The van der Waals surface area contributed by atoms with Crippen LogP contribution in [0.2, 0.25) is 0 Å². The number of aryl methyl sites for hydroxylation is 1. The van der Waals surface area contributed by atoms with Gasteiger partial charge >= 0.3 is 0 Å². The van der Waals surface area contributed by atoms with Crippen molar-refractivity contribution < 1.29 is 4.74 Å². The number of rotatable bonds is 6. The van der Waals surface area contributed by atoms with Gasteiger partial charge in [0, 0.05) is 42.3 Å². The monoisotopic (exact) mass is 426 g/mol. The van der Waals surface area contributed by atoms with Crippen molar-refractivity contribution >= 4 is 5.82 Å². The SMILES string of the molecule is Cc1cc(Oc2cc(C#N)ccc2-c2ncc(CCN)cn2)cc(N2C3CCC2CC3)n1. The lowest BCUT2D eigenvalue weighted by Crippen LogP contribution is -2.29. The maximum atomic E-state index is 9.42. The summed E-state index contributed by atoms with van der Waals surface area (Å²) < 4.78 is 6.34. The summed E-state index contributed by atoms with van der Waals surface area (Å²) in [5.74, 6) is 2.78. The fourth-order valence-electron chi connectivity index (χ4n) is 4.88. The Bertz CT molecular complexity index is 1150. The highest BCUT2D eigenvalue weighted by molar-refractivity contribution is 5.67. The summed E-state index contributed by atoms with van der Waals surface area (Å²) in [6.07, 6.45) is 9.26. The van der Waals surface area contributed by atoms with Crippen molar-refractivity contribution in [3.05, 3.63) is 59.5 Å². The van der Waals surface area contributed by atoms with Crippen molar-refractivity contribution in [3.8, 4) is 29.0 Å². The normalized spacial score (nSPS) is 19.2. The van der Waals surface area contributed by atoms with Gasteiger partial charge < -0.3 is 15.4 Å². The number of hydrogen-bond acceptors (Lipinski definition) is 7. The molecule has 0 amide bonds. The average Bonchev–Trinajstić information content (AvgIpc) is 3.40. The van der Waals surface area contributed by atoms with E-state index in [9.17, 15) is 5.26 Å². The van der Waals surface area contributed by atoms with E-state index in [1.165, 1.54) is 25.7 Å². The van der Waals surface area contributed by atoms with Gasteiger partial charge in [0.15, 0.2) is 5.82 Å². The molecule has 32 heavy (non-hydrogen) atoms. The molecule has 2 fully saturated rings. The van der Waals surface area contributed by atoms with E-state index in [1.807, 2.05) is 25.1 Å². The minimum absolute atomic E-state index is 0.520. The molecule has 5 rings (SSSR count). The fourth-order valence-corrected chi connectivity index (χ4v) is 4.88. The molecule has 0 aliphatic carbocycles. The predicted octanol–water partition coefficient (Wildman–Crippen LogP) is 4.14. The van der Waals surface area contributed by atoms with Crippen LogP contribution in [0, 0.1) is 18.3 Å². The molecular weight excluding hydrogens is 400 g/mol. The highest BCUT2D eigenvalue weighted by Gasteiger charge is 2.40. The molecule has 0 saturated carbocycles. The van der Waals surface area contributed by atoms with Gasteiger partial charge in [0.1, 0.15) is 17.3 Å². The number of nitrogens with zero attached hydrogens (tertiary/aromatic N) is 5. The number of aromatic nitrogens is 3. The first-order valence-electron chi connectivity index (χ1n) is 11.1. The molecule has 4 heterocycles. The third kappa shape index (κ3) is 3.90. The molecule has 1 aromatic carbocycles. The Morgan fingerprint density at radius 3 is 2.47 bits per heavy atom. The summed E-state index contributed by atoms with van der Waals surface area (Å²) >= 11 is 0. The minimum atomic E-state index is 0.520. The quantitative estimate of drug-likeness (QED) is 0.632. The molecule has 2 aromatic heterocycles. The van der Waals surface area contributed by atoms with Crippen molar-refractivity contribution in [1.82, 2.24) is 15.0 Å². The van der Waals surface area contributed by atoms with Gasteiger partial charge in [-0.1, -0.05) is 0 Å². The van der Waals surface area contributed by atoms with E-state index in [0.717, 1.165) is 29.1 Å². The first-order chi connectivity index (χ1) is 15.6. The average molecular weight is 427 g/mol. The second kappa shape index (κ2) is 8.56. The Morgan fingerprint density at radius 1 is 1.09 bits per heavy atom. The Hall–Kier alpha value is -3.50. The standard InChI is InChI=1S/C25H26N6O/c1-16-10-21(12-24(30-16)31-19-3-4-20(31)6-5-19)32-23-11-17(13-27)2-7-22(23)25-28-14-18(8-9-26)15-29-25/h2,7,10-12,14-15,19-20H,3-6,8-9,26H2,1H3. The third-order valence-electron chi connectivity index (χ3n) is 6.35.